The molecule has 2 saturated heterocycles. The van der Waals surface area contributed by atoms with E-state index in [9.17, 15) is 19.2 Å². The third-order valence-corrected chi connectivity index (χ3v) is 10.0. The third-order valence-electron chi connectivity index (χ3n) is 10.0. The molecule has 4 heterocycles. The second kappa shape index (κ2) is 17.8. The van der Waals surface area contributed by atoms with Gasteiger partial charge in [-0.25, -0.2) is 19.6 Å². The van der Waals surface area contributed by atoms with Crippen LogP contribution in [0.2, 0.25) is 0 Å². The molecular weight excluding hydrogens is 720 g/mol. The zero-order chi connectivity index (χ0) is 39.8. The molecule has 4 aromatic rings. The van der Waals surface area contributed by atoms with Crippen molar-refractivity contribution >= 4 is 24.0 Å². The highest BCUT2D eigenvalue weighted by Gasteiger charge is 2.38. The number of rotatable bonds is 13. The third kappa shape index (κ3) is 9.55. The molecule has 298 valence electrons. The number of amides is 4. The Kier molecular flexibility index (Phi) is 12.7. The summed E-state index contributed by atoms with van der Waals surface area (Å²) in [6.45, 7) is 7.27. The van der Waals surface area contributed by atoms with Gasteiger partial charge in [-0.1, -0.05) is 62.4 Å². The number of H-pyrrole nitrogens is 2. The van der Waals surface area contributed by atoms with Crippen LogP contribution in [0.25, 0.3) is 33.6 Å². The van der Waals surface area contributed by atoms with Crippen molar-refractivity contribution in [3.05, 3.63) is 72.6 Å². The average Bonchev–Trinajstić information content (AvgIpc) is 4.00. The molecule has 0 bridgehead atoms. The molecule has 2 atom stereocenters. The van der Waals surface area contributed by atoms with E-state index < -0.39 is 24.0 Å². The molecule has 1 unspecified atom stereocenters. The van der Waals surface area contributed by atoms with Crippen molar-refractivity contribution in [3.63, 3.8) is 0 Å². The molecule has 2 aromatic heterocycles. The molecule has 6 rings (SSSR count). The van der Waals surface area contributed by atoms with E-state index in [2.05, 4.69) is 47.4 Å². The molecule has 16 nitrogen and oxygen atoms in total. The number of methoxy groups -OCH3 is 2. The van der Waals surface area contributed by atoms with E-state index >= 15 is 0 Å². The normalized spacial score (nSPS) is 17.0. The Bertz CT molecular complexity index is 1970. The van der Waals surface area contributed by atoms with Crippen LogP contribution < -0.4 is 10.6 Å². The number of ether oxygens (including phenoxy) is 4. The molecule has 0 radical (unpaired) electrons. The lowest BCUT2D eigenvalue weighted by molar-refractivity contribution is -0.262. The van der Waals surface area contributed by atoms with Crippen LogP contribution in [0.3, 0.4) is 0 Å². The van der Waals surface area contributed by atoms with Gasteiger partial charge in [0.15, 0.2) is 5.79 Å². The molecule has 4 N–H and O–H groups in total. The summed E-state index contributed by atoms with van der Waals surface area (Å²) in [5, 5.41) is 5.13. The second-order valence-corrected chi connectivity index (χ2v) is 14.4. The fourth-order valence-corrected chi connectivity index (χ4v) is 6.98. The summed E-state index contributed by atoms with van der Waals surface area (Å²) >= 11 is 0. The summed E-state index contributed by atoms with van der Waals surface area (Å²) in [6, 6.07) is 15.4. The van der Waals surface area contributed by atoms with Gasteiger partial charge < -0.3 is 49.3 Å². The van der Waals surface area contributed by atoms with Gasteiger partial charge in [0.05, 0.1) is 70.3 Å². The van der Waals surface area contributed by atoms with Gasteiger partial charge in [-0.15, -0.1) is 0 Å². The van der Waals surface area contributed by atoms with Gasteiger partial charge in [-0.2, -0.15) is 0 Å². The number of hydrogen-bond donors (Lipinski definition) is 4. The van der Waals surface area contributed by atoms with Crippen molar-refractivity contribution in [2.45, 2.75) is 64.4 Å². The maximum Gasteiger partial charge on any atom is 0.407 e. The molecule has 56 heavy (non-hydrogen) atoms. The Morgan fingerprint density at radius 1 is 0.875 bits per heavy atom. The summed E-state index contributed by atoms with van der Waals surface area (Å²) in [6.07, 6.45) is 4.58. The van der Waals surface area contributed by atoms with Crippen molar-refractivity contribution in [2.24, 2.45) is 5.92 Å². The number of carbonyl (C=O) groups is 4. The van der Waals surface area contributed by atoms with Gasteiger partial charge in [-0.05, 0) is 54.4 Å². The monoisotopic (exact) mass is 770 g/mol. The molecule has 0 saturated carbocycles. The number of likely N-dealkylation sites (tertiary alicyclic amines) is 1. The zero-order valence-corrected chi connectivity index (χ0v) is 32.4. The standard InChI is InChI=1S/C40H50N8O8/c1-25(2)35(46-39(52)54-5)37(50)48-17-6-8-32(48)36-42-21-31(45-36)29-15-11-27(12-16-29)26-9-13-28(14-10-26)30-20-41-33(44-30)23-47(34(49)22-43-38(51)53-4)24-40(3)55-18-7-19-56-40/h9-16,20-21,25,32,35H,6-8,17-19,22-24H2,1-5H3,(H,41,44)(H,42,45)(H,43,51)(H,46,52)/t32-,35?/m0/s1. The van der Waals surface area contributed by atoms with Crippen molar-refractivity contribution < 1.29 is 38.1 Å². The zero-order valence-electron chi connectivity index (χ0n) is 32.4. The van der Waals surface area contributed by atoms with Gasteiger partial charge in [-0.3, -0.25) is 9.59 Å². The van der Waals surface area contributed by atoms with E-state index in [1.165, 1.54) is 14.2 Å². The molecule has 2 aromatic carbocycles. The molecule has 2 fully saturated rings. The summed E-state index contributed by atoms with van der Waals surface area (Å²) in [5.74, 6) is -0.300. The Hall–Kier alpha value is -5.74. The van der Waals surface area contributed by atoms with E-state index in [4.69, 9.17) is 14.2 Å². The van der Waals surface area contributed by atoms with Crippen LogP contribution in [0.5, 0.6) is 0 Å². The minimum atomic E-state index is -0.979. The van der Waals surface area contributed by atoms with Gasteiger partial charge >= 0.3 is 12.2 Å². The van der Waals surface area contributed by atoms with E-state index in [1.807, 2.05) is 50.2 Å². The first-order valence-corrected chi connectivity index (χ1v) is 18.8. The first-order chi connectivity index (χ1) is 27.0. The molecular formula is C40H50N8O8. The van der Waals surface area contributed by atoms with Crippen molar-refractivity contribution in [2.75, 3.05) is 47.1 Å². The highest BCUT2D eigenvalue weighted by atomic mass is 16.7. The summed E-state index contributed by atoms with van der Waals surface area (Å²) < 4.78 is 21.1. The summed E-state index contributed by atoms with van der Waals surface area (Å²) in [5.41, 5.74) is 5.58. The SMILES string of the molecule is COC(=O)NCC(=O)N(Cc1ncc(-c2ccc(-c3ccc(-c4cnc([C@@H]5CCCN5C(=O)C(NC(=O)OC)C(C)C)[nH]4)cc3)cc2)[nH]1)CC1(C)OCCCO1. The first kappa shape index (κ1) is 39.9. The largest absolute Gasteiger partial charge is 0.453 e. The summed E-state index contributed by atoms with van der Waals surface area (Å²) in [4.78, 5) is 69.6. The molecule has 16 heteroatoms. The maximum absolute atomic E-state index is 13.5. The van der Waals surface area contributed by atoms with Crippen LogP contribution in [0, 0.1) is 5.92 Å². The number of alkyl carbamates (subject to hydrolysis) is 2. The fourth-order valence-electron chi connectivity index (χ4n) is 6.98. The number of aromatic nitrogens is 4. The average molecular weight is 771 g/mol. The van der Waals surface area contributed by atoms with Gasteiger partial charge in [0, 0.05) is 6.54 Å². The van der Waals surface area contributed by atoms with Gasteiger partial charge in [0.2, 0.25) is 11.8 Å². The lowest BCUT2D eigenvalue weighted by atomic mass is 10.0. The highest BCUT2D eigenvalue weighted by Crippen LogP contribution is 2.33. The van der Waals surface area contributed by atoms with Gasteiger partial charge in [0.1, 0.15) is 24.2 Å². The maximum atomic E-state index is 13.5. The van der Waals surface area contributed by atoms with Crippen molar-refractivity contribution in [3.8, 4) is 33.6 Å². The number of nitrogens with one attached hydrogen (secondary N) is 4. The van der Waals surface area contributed by atoms with Crippen molar-refractivity contribution in [1.29, 1.82) is 0 Å². The molecule has 2 aliphatic rings. The Morgan fingerprint density at radius 2 is 1.46 bits per heavy atom. The Morgan fingerprint density at radius 3 is 2.07 bits per heavy atom. The highest BCUT2D eigenvalue weighted by molar-refractivity contribution is 5.86. The minimum absolute atomic E-state index is 0.111. The number of nitrogens with zero attached hydrogens (tertiary/aromatic N) is 4. The van der Waals surface area contributed by atoms with Crippen LogP contribution in [-0.4, -0.2) is 113 Å². The topological polar surface area (TPSA) is 193 Å². The van der Waals surface area contributed by atoms with Crippen LogP contribution in [-0.2, 0) is 35.1 Å². The van der Waals surface area contributed by atoms with Gasteiger partial charge in [0.25, 0.3) is 0 Å². The van der Waals surface area contributed by atoms with E-state index in [1.54, 1.807) is 29.1 Å². The van der Waals surface area contributed by atoms with E-state index in [-0.39, 0.29) is 43.4 Å². The van der Waals surface area contributed by atoms with E-state index in [0.29, 0.717) is 31.4 Å². The lowest BCUT2D eigenvalue weighted by Gasteiger charge is -2.37. The minimum Gasteiger partial charge on any atom is -0.453 e. The van der Waals surface area contributed by atoms with Crippen molar-refractivity contribution in [1.82, 2.24) is 40.4 Å². The smallest absolute Gasteiger partial charge is 0.407 e. The summed E-state index contributed by atoms with van der Waals surface area (Å²) in [7, 11) is 2.52. The first-order valence-electron chi connectivity index (χ1n) is 18.8. The fraction of sp³-hybridized carbons (Fsp3) is 0.450. The number of aromatic amines is 2. The molecule has 0 spiro atoms. The van der Waals surface area contributed by atoms with Crippen LogP contribution in [0.1, 0.15) is 57.7 Å². The number of carbonyl (C=O) groups excluding carboxylic acids is 4. The molecule has 0 aliphatic carbocycles. The predicted octanol–water partition coefficient (Wildman–Crippen LogP) is 5.02. The molecule has 4 amide bonds. The van der Waals surface area contributed by atoms with Crippen LogP contribution >= 0.6 is 0 Å². The predicted molar refractivity (Wildman–Crippen MR) is 206 cm³/mol. The quantitative estimate of drug-likeness (QED) is 0.144. The molecule has 2 aliphatic heterocycles. The number of hydrogen-bond acceptors (Lipinski definition) is 10. The second-order valence-electron chi connectivity index (χ2n) is 14.4. The van der Waals surface area contributed by atoms with E-state index in [0.717, 1.165) is 52.9 Å². The van der Waals surface area contributed by atoms with Crippen LogP contribution in [0.15, 0.2) is 60.9 Å². The lowest BCUT2D eigenvalue weighted by Crippen LogP contribution is -2.51. The van der Waals surface area contributed by atoms with Crippen LogP contribution in [0.4, 0.5) is 9.59 Å². The Balaban J connectivity index is 1.10. The Labute approximate surface area is 325 Å². The number of imidazole rings is 2. The number of benzene rings is 2.